The molecule has 2 N–H and O–H groups in total. The topological polar surface area (TPSA) is 24.1 Å². The molecular formula is C15H26N2S2. The summed E-state index contributed by atoms with van der Waals surface area (Å²) in [6, 6.07) is 0. The minimum Gasteiger partial charge on any atom is -0.362 e. The Labute approximate surface area is 127 Å². The Balaban J connectivity index is 2.79. The van der Waals surface area contributed by atoms with Gasteiger partial charge in [0, 0.05) is 11.4 Å². The van der Waals surface area contributed by atoms with E-state index in [-0.39, 0.29) is 0 Å². The van der Waals surface area contributed by atoms with Crippen LogP contribution in [-0.4, -0.2) is 11.7 Å². The minimum absolute atomic E-state index is 0.518. The molecular weight excluding hydrogens is 272 g/mol. The molecule has 1 aromatic heterocycles. The van der Waals surface area contributed by atoms with Crippen LogP contribution in [0.25, 0.3) is 0 Å². The van der Waals surface area contributed by atoms with Gasteiger partial charge in [0.15, 0.2) is 5.11 Å². The number of unbranched alkanes of at least 4 members (excludes halogenated alkanes) is 1. The summed E-state index contributed by atoms with van der Waals surface area (Å²) in [6.07, 6.45) is 2.34. The fourth-order valence-electron chi connectivity index (χ4n) is 1.91. The molecule has 0 aromatic carbocycles. The molecule has 0 aliphatic rings. The Morgan fingerprint density at radius 3 is 2.47 bits per heavy atom. The van der Waals surface area contributed by atoms with E-state index in [4.69, 9.17) is 12.2 Å². The molecule has 0 radical (unpaired) electrons. The van der Waals surface area contributed by atoms with Crippen molar-refractivity contribution in [3.05, 3.63) is 15.8 Å². The van der Waals surface area contributed by atoms with Crippen LogP contribution in [0.2, 0.25) is 0 Å². The Bertz CT molecular complexity index is 383. The summed E-state index contributed by atoms with van der Waals surface area (Å²) >= 11 is 7.22. The second kappa shape index (κ2) is 7.85. The van der Waals surface area contributed by atoms with E-state index in [1.807, 2.05) is 11.3 Å². The lowest BCUT2D eigenvalue weighted by molar-refractivity contribution is 0.758. The number of thiocarbonyl (C=S) groups is 1. The standard InChI is InChI=1S/C15H26N2S2/c1-6-7-8-16-15(18)17-13-12(10(2)3)9-19-14(13)11(4)5/h9-11H,6-8H2,1-5H3,(H2,16,17,18). The number of hydrogen-bond donors (Lipinski definition) is 2. The van der Waals surface area contributed by atoms with Crippen LogP contribution in [0.1, 0.15) is 69.7 Å². The van der Waals surface area contributed by atoms with E-state index < -0.39 is 0 Å². The molecule has 2 nitrogen and oxygen atoms in total. The molecule has 1 rings (SSSR count). The first-order chi connectivity index (χ1) is 8.97. The monoisotopic (exact) mass is 298 g/mol. The first-order valence-corrected chi connectivity index (χ1v) is 8.42. The Morgan fingerprint density at radius 1 is 1.26 bits per heavy atom. The van der Waals surface area contributed by atoms with Crippen LogP contribution in [0.5, 0.6) is 0 Å². The fraction of sp³-hybridized carbons (Fsp3) is 0.667. The average molecular weight is 299 g/mol. The van der Waals surface area contributed by atoms with Crippen molar-refractivity contribution in [2.75, 3.05) is 11.9 Å². The van der Waals surface area contributed by atoms with Crippen molar-refractivity contribution in [2.24, 2.45) is 0 Å². The van der Waals surface area contributed by atoms with E-state index in [1.165, 1.54) is 22.5 Å². The van der Waals surface area contributed by atoms with Crippen LogP contribution >= 0.6 is 23.6 Å². The van der Waals surface area contributed by atoms with Crippen molar-refractivity contribution >= 4 is 34.4 Å². The quantitative estimate of drug-likeness (QED) is 0.565. The van der Waals surface area contributed by atoms with E-state index in [9.17, 15) is 0 Å². The van der Waals surface area contributed by atoms with Gasteiger partial charge in [-0.05, 0) is 41.4 Å². The van der Waals surface area contributed by atoms with Gasteiger partial charge in [-0.2, -0.15) is 0 Å². The van der Waals surface area contributed by atoms with E-state index >= 15 is 0 Å². The maximum atomic E-state index is 5.39. The van der Waals surface area contributed by atoms with Gasteiger partial charge in [-0.25, -0.2) is 0 Å². The van der Waals surface area contributed by atoms with E-state index in [1.54, 1.807) is 0 Å². The largest absolute Gasteiger partial charge is 0.362 e. The van der Waals surface area contributed by atoms with Gasteiger partial charge in [0.25, 0.3) is 0 Å². The number of anilines is 1. The highest BCUT2D eigenvalue weighted by Gasteiger charge is 2.17. The van der Waals surface area contributed by atoms with Crippen molar-refractivity contribution in [2.45, 2.75) is 59.3 Å². The third-order valence-corrected chi connectivity index (χ3v) is 4.60. The molecule has 108 valence electrons. The van der Waals surface area contributed by atoms with Crippen molar-refractivity contribution < 1.29 is 0 Å². The average Bonchev–Trinajstić information content (AvgIpc) is 2.73. The zero-order chi connectivity index (χ0) is 14.4. The SMILES string of the molecule is CCCCNC(=S)Nc1c(C(C)C)csc1C(C)C. The summed E-state index contributed by atoms with van der Waals surface area (Å²) in [5.41, 5.74) is 2.59. The summed E-state index contributed by atoms with van der Waals surface area (Å²) < 4.78 is 0. The first-order valence-electron chi connectivity index (χ1n) is 7.13. The Morgan fingerprint density at radius 2 is 1.95 bits per heavy atom. The number of rotatable bonds is 6. The van der Waals surface area contributed by atoms with Crippen LogP contribution < -0.4 is 10.6 Å². The lowest BCUT2D eigenvalue weighted by Crippen LogP contribution is -2.29. The molecule has 0 saturated carbocycles. The Hall–Kier alpha value is -0.610. The van der Waals surface area contributed by atoms with Gasteiger partial charge in [-0.3, -0.25) is 0 Å². The van der Waals surface area contributed by atoms with Gasteiger partial charge in [0.1, 0.15) is 0 Å². The summed E-state index contributed by atoms with van der Waals surface area (Å²) in [7, 11) is 0. The highest BCUT2D eigenvalue weighted by molar-refractivity contribution is 7.80. The van der Waals surface area contributed by atoms with E-state index in [0.29, 0.717) is 11.8 Å². The third-order valence-electron chi connectivity index (χ3n) is 3.05. The van der Waals surface area contributed by atoms with Crippen LogP contribution in [0.4, 0.5) is 5.69 Å². The zero-order valence-electron chi connectivity index (χ0n) is 12.7. The van der Waals surface area contributed by atoms with Gasteiger partial charge in [-0.15, -0.1) is 11.3 Å². The summed E-state index contributed by atoms with van der Waals surface area (Å²) in [5.74, 6) is 1.04. The number of hydrogen-bond acceptors (Lipinski definition) is 2. The molecule has 0 bridgehead atoms. The molecule has 0 unspecified atom stereocenters. The normalized spacial score (nSPS) is 11.1. The molecule has 1 aromatic rings. The minimum atomic E-state index is 0.518. The van der Waals surface area contributed by atoms with Gasteiger partial charge in [0.2, 0.25) is 0 Å². The molecule has 0 aliphatic heterocycles. The van der Waals surface area contributed by atoms with Crippen molar-refractivity contribution in [1.29, 1.82) is 0 Å². The molecule has 0 spiro atoms. The van der Waals surface area contributed by atoms with Crippen LogP contribution in [0, 0.1) is 0 Å². The molecule has 4 heteroatoms. The highest BCUT2D eigenvalue weighted by atomic mass is 32.1. The van der Waals surface area contributed by atoms with Gasteiger partial charge in [0.05, 0.1) is 5.69 Å². The molecule has 19 heavy (non-hydrogen) atoms. The van der Waals surface area contributed by atoms with Crippen LogP contribution in [0.15, 0.2) is 5.38 Å². The highest BCUT2D eigenvalue weighted by Crippen LogP contribution is 2.37. The molecule has 0 amide bonds. The second-order valence-electron chi connectivity index (χ2n) is 5.47. The predicted molar refractivity (Wildman–Crippen MR) is 91.6 cm³/mol. The van der Waals surface area contributed by atoms with Gasteiger partial charge >= 0.3 is 0 Å². The maximum absolute atomic E-state index is 5.39. The van der Waals surface area contributed by atoms with Gasteiger partial charge < -0.3 is 10.6 Å². The van der Waals surface area contributed by atoms with Crippen molar-refractivity contribution in [3.8, 4) is 0 Å². The first kappa shape index (κ1) is 16.4. The Kier molecular flexibility index (Phi) is 6.80. The fourth-order valence-corrected chi connectivity index (χ4v) is 3.31. The third kappa shape index (κ3) is 4.77. The van der Waals surface area contributed by atoms with E-state index in [0.717, 1.165) is 18.1 Å². The van der Waals surface area contributed by atoms with Gasteiger partial charge in [-0.1, -0.05) is 41.0 Å². The predicted octanol–water partition coefficient (Wildman–Crippen LogP) is 5.08. The summed E-state index contributed by atoms with van der Waals surface area (Å²) in [6.45, 7) is 12.0. The number of nitrogens with one attached hydrogen (secondary N) is 2. The van der Waals surface area contributed by atoms with Crippen LogP contribution in [-0.2, 0) is 0 Å². The molecule has 0 saturated heterocycles. The summed E-state index contributed by atoms with van der Waals surface area (Å²) in [4.78, 5) is 1.39. The number of thiophene rings is 1. The smallest absolute Gasteiger partial charge is 0.170 e. The summed E-state index contributed by atoms with van der Waals surface area (Å²) in [5, 5.41) is 9.70. The molecule has 0 fully saturated rings. The molecule has 0 atom stereocenters. The lowest BCUT2D eigenvalue weighted by atomic mass is 10.0. The van der Waals surface area contributed by atoms with Crippen molar-refractivity contribution in [1.82, 2.24) is 5.32 Å². The van der Waals surface area contributed by atoms with E-state index in [2.05, 4.69) is 50.6 Å². The lowest BCUT2D eigenvalue weighted by Gasteiger charge is -2.16. The van der Waals surface area contributed by atoms with Crippen LogP contribution in [0.3, 0.4) is 0 Å². The van der Waals surface area contributed by atoms with Crippen molar-refractivity contribution in [3.63, 3.8) is 0 Å². The molecule has 1 heterocycles. The second-order valence-corrected chi connectivity index (χ2v) is 6.79. The maximum Gasteiger partial charge on any atom is 0.170 e. The zero-order valence-corrected chi connectivity index (χ0v) is 14.3. The molecule has 0 aliphatic carbocycles.